The van der Waals surface area contributed by atoms with Crippen molar-refractivity contribution >= 4 is 49.5 Å². The number of anilines is 1. The summed E-state index contributed by atoms with van der Waals surface area (Å²) >= 11 is 6.43. The Morgan fingerprint density at radius 3 is 2.25 bits per heavy atom. The molecular weight excluding hydrogens is 446 g/mol. The summed E-state index contributed by atoms with van der Waals surface area (Å²) in [4.78, 5) is 24.1. The van der Waals surface area contributed by atoms with Crippen molar-refractivity contribution in [2.75, 3.05) is 11.9 Å². The number of rotatable bonds is 6. The fraction of sp³-hybridized carbons (Fsp3) is 0.500. The molecule has 2 N–H and O–H groups in total. The number of phenols is 1. The average Bonchev–Trinajstić information content (AvgIpc) is 2.42. The maximum absolute atomic E-state index is 12.1. The maximum atomic E-state index is 12.1. The van der Waals surface area contributed by atoms with Gasteiger partial charge in [-0.25, -0.2) is 4.79 Å². The molecule has 0 heterocycles. The van der Waals surface area contributed by atoms with E-state index >= 15 is 0 Å². The maximum Gasteiger partial charge on any atom is 0.329 e. The largest absolute Gasteiger partial charge is 0.506 e. The van der Waals surface area contributed by atoms with Crippen LogP contribution in [0.15, 0.2) is 21.1 Å². The molecule has 0 radical (unpaired) electrons. The number of phenolic OH excluding ortho intramolecular Hbond substituents is 1. The lowest BCUT2D eigenvalue weighted by molar-refractivity contribution is -0.158. The van der Waals surface area contributed by atoms with Crippen LogP contribution in [0.25, 0.3) is 0 Å². The van der Waals surface area contributed by atoms with E-state index in [2.05, 4.69) is 37.2 Å². The van der Waals surface area contributed by atoms with Gasteiger partial charge in [0.05, 0.1) is 22.0 Å². The summed E-state index contributed by atoms with van der Waals surface area (Å²) in [6.07, 6.45) is -0.174. The fourth-order valence-electron chi connectivity index (χ4n) is 1.84. The number of aromatic hydroxyl groups is 1. The lowest BCUT2D eigenvalue weighted by atomic mass is 10.1. The molecule has 134 valence electrons. The molecule has 0 saturated heterocycles. The van der Waals surface area contributed by atoms with Crippen LogP contribution in [-0.2, 0) is 19.1 Å². The third-order valence-electron chi connectivity index (χ3n) is 2.72. The highest BCUT2D eigenvalue weighted by Crippen LogP contribution is 2.35. The number of nitrogens with one attached hydrogen (secondary N) is 1. The van der Waals surface area contributed by atoms with Gasteiger partial charge < -0.3 is 19.9 Å². The number of esters is 2. The Morgan fingerprint density at radius 2 is 1.79 bits per heavy atom. The molecule has 24 heavy (non-hydrogen) atoms. The van der Waals surface area contributed by atoms with E-state index < -0.39 is 23.6 Å². The van der Waals surface area contributed by atoms with Gasteiger partial charge >= 0.3 is 11.9 Å². The fourth-order valence-corrected chi connectivity index (χ4v) is 3.02. The molecule has 0 aliphatic rings. The zero-order valence-corrected chi connectivity index (χ0v) is 17.2. The summed E-state index contributed by atoms with van der Waals surface area (Å²) in [5, 5.41) is 12.7. The molecule has 1 aromatic carbocycles. The van der Waals surface area contributed by atoms with Crippen LogP contribution in [0, 0.1) is 0 Å². The van der Waals surface area contributed by atoms with Gasteiger partial charge in [0, 0.05) is 5.69 Å². The first-order valence-corrected chi connectivity index (χ1v) is 8.95. The van der Waals surface area contributed by atoms with Gasteiger partial charge in [0.1, 0.15) is 17.4 Å². The number of carbonyl (C=O) groups is 2. The second-order valence-electron chi connectivity index (χ2n) is 6.03. The summed E-state index contributed by atoms with van der Waals surface area (Å²) in [7, 11) is 0. The van der Waals surface area contributed by atoms with Gasteiger partial charge in [0.15, 0.2) is 0 Å². The molecule has 1 aromatic rings. The lowest BCUT2D eigenvalue weighted by Gasteiger charge is -2.23. The number of carbonyl (C=O) groups excluding carboxylic acids is 2. The van der Waals surface area contributed by atoms with Gasteiger partial charge in [-0.2, -0.15) is 0 Å². The second kappa shape index (κ2) is 8.71. The summed E-state index contributed by atoms with van der Waals surface area (Å²) in [5.74, 6) is -1.02. The van der Waals surface area contributed by atoms with Gasteiger partial charge in [0.2, 0.25) is 0 Å². The highest BCUT2D eigenvalue weighted by molar-refractivity contribution is 9.11. The van der Waals surface area contributed by atoms with E-state index in [1.165, 1.54) is 0 Å². The topological polar surface area (TPSA) is 84.9 Å². The number of hydrogen-bond donors (Lipinski definition) is 2. The van der Waals surface area contributed by atoms with Crippen LogP contribution in [0.4, 0.5) is 5.69 Å². The van der Waals surface area contributed by atoms with Crippen LogP contribution < -0.4 is 5.32 Å². The van der Waals surface area contributed by atoms with Crippen molar-refractivity contribution in [3.63, 3.8) is 0 Å². The Kier molecular flexibility index (Phi) is 7.54. The predicted molar refractivity (Wildman–Crippen MR) is 98.0 cm³/mol. The van der Waals surface area contributed by atoms with E-state index in [0.717, 1.165) is 0 Å². The third kappa shape index (κ3) is 6.68. The van der Waals surface area contributed by atoms with Crippen LogP contribution in [-0.4, -0.2) is 35.3 Å². The van der Waals surface area contributed by atoms with Crippen LogP contribution in [0.5, 0.6) is 5.75 Å². The van der Waals surface area contributed by atoms with Crippen LogP contribution in [0.3, 0.4) is 0 Å². The van der Waals surface area contributed by atoms with Crippen LogP contribution >= 0.6 is 31.9 Å². The van der Waals surface area contributed by atoms with Crippen molar-refractivity contribution in [1.82, 2.24) is 0 Å². The zero-order valence-electron chi connectivity index (χ0n) is 14.0. The van der Waals surface area contributed by atoms with Crippen molar-refractivity contribution in [3.05, 3.63) is 21.1 Å². The van der Waals surface area contributed by atoms with Crippen molar-refractivity contribution in [2.24, 2.45) is 0 Å². The monoisotopic (exact) mass is 465 g/mol. The molecule has 0 fully saturated rings. The van der Waals surface area contributed by atoms with Gasteiger partial charge in [-0.1, -0.05) is 0 Å². The van der Waals surface area contributed by atoms with Crippen molar-refractivity contribution < 1.29 is 24.2 Å². The molecule has 0 spiro atoms. The van der Waals surface area contributed by atoms with E-state index in [9.17, 15) is 14.7 Å². The molecule has 0 aromatic heterocycles. The Bertz CT molecular complexity index is 590. The molecule has 0 saturated carbocycles. The number of ether oxygens (including phenoxy) is 2. The molecule has 0 amide bonds. The number of hydrogen-bond acceptors (Lipinski definition) is 6. The Balaban J connectivity index is 2.94. The molecule has 1 rings (SSSR count). The summed E-state index contributed by atoms with van der Waals surface area (Å²) < 4.78 is 11.2. The minimum Gasteiger partial charge on any atom is -0.506 e. The van der Waals surface area contributed by atoms with Crippen LogP contribution in [0.1, 0.15) is 34.1 Å². The SMILES string of the molecule is CCOC(=O)[C@@H](CC(=O)OC(C)(C)C)Nc1cc(Br)c(O)c(Br)c1. The zero-order chi connectivity index (χ0) is 18.5. The van der Waals surface area contributed by atoms with Crippen LogP contribution in [0.2, 0.25) is 0 Å². The molecule has 1 atom stereocenters. The van der Waals surface area contributed by atoms with E-state index in [-0.39, 0.29) is 18.8 Å². The Hall–Kier alpha value is -1.28. The first kappa shape index (κ1) is 20.8. The third-order valence-corrected chi connectivity index (χ3v) is 3.93. The van der Waals surface area contributed by atoms with Gasteiger partial charge in [0.25, 0.3) is 0 Å². The number of benzene rings is 1. The van der Waals surface area contributed by atoms with Crippen molar-refractivity contribution in [1.29, 1.82) is 0 Å². The molecule has 0 bridgehead atoms. The van der Waals surface area contributed by atoms with E-state index in [1.807, 2.05) is 0 Å². The van der Waals surface area contributed by atoms with E-state index in [0.29, 0.717) is 14.6 Å². The summed E-state index contributed by atoms with van der Waals surface area (Å²) in [6.45, 7) is 7.16. The molecule has 0 unspecified atom stereocenters. The standard InChI is InChI=1S/C16H21Br2NO5/c1-5-23-15(22)12(8-13(20)24-16(2,3)4)19-9-6-10(17)14(21)11(18)7-9/h6-7,12,19,21H,5,8H2,1-4H3/t12-/m1/s1. The summed E-state index contributed by atoms with van der Waals surface area (Å²) in [6, 6.07) is 2.30. The van der Waals surface area contributed by atoms with E-state index in [4.69, 9.17) is 9.47 Å². The molecule has 0 aliphatic carbocycles. The molecular formula is C16H21Br2NO5. The summed E-state index contributed by atoms with van der Waals surface area (Å²) in [5.41, 5.74) is -0.103. The average molecular weight is 467 g/mol. The Morgan fingerprint density at radius 1 is 1.25 bits per heavy atom. The van der Waals surface area contributed by atoms with Gasteiger partial charge in [-0.15, -0.1) is 0 Å². The molecule has 6 nitrogen and oxygen atoms in total. The van der Waals surface area contributed by atoms with Crippen molar-refractivity contribution in [2.45, 2.75) is 45.8 Å². The lowest BCUT2D eigenvalue weighted by Crippen LogP contribution is -2.36. The second-order valence-corrected chi connectivity index (χ2v) is 7.74. The smallest absolute Gasteiger partial charge is 0.329 e. The highest BCUT2D eigenvalue weighted by atomic mass is 79.9. The van der Waals surface area contributed by atoms with Gasteiger partial charge in [-0.3, -0.25) is 4.79 Å². The quantitative estimate of drug-likeness (QED) is 0.487. The van der Waals surface area contributed by atoms with Crippen molar-refractivity contribution in [3.8, 4) is 5.75 Å². The first-order chi connectivity index (χ1) is 11.0. The van der Waals surface area contributed by atoms with E-state index in [1.54, 1.807) is 39.8 Å². The normalized spacial score (nSPS) is 12.4. The molecule has 0 aliphatic heterocycles. The number of halogens is 2. The minimum atomic E-state index is -0.900. The first-order valence-electron chi connectivity index (χ1n) is 7.36. The minimum absolute atomic E-state index is 0.0420. The van der Waals surface area contributed by atoms with Gasteiger partial charge in [-0.05, 0) is 71.7 Å². The Labute approximate surface area is 158 Å². The highest BCUT2D eigenvalue weighted by Gasteiger charge is 2.27. The molecule has 8 heteroatoms. The predicted octanol–water partition coefficient (Wildman–Crippen LogP) is 3.99.